The van der Waals surface area contributed by atoms with Crippen LogP contribution in [0.15, 0.2) is 16.7 Å². The van der Waals surface area contributed by atoms with Crippen molar-refractivity contribution in [2.45, 2.75) is 40.3 Å². The van der Waals surface area contributed by atoms with Gasteiger partial charge < -0.3 is 14.9 Å². The Hall–Kier alpha value is -1.88. The molecule has 0 unspecified atom stereocenters. The summed E-state index contributed by atoms with van der Waals surface area (Å²) in [5.41, 5.74) is 2.47. The Morgan fingerprint density at radius 2 is 1.89 bits per heavy atom. The highest BCUT2D eigenvalue weighted by Gasteiger charge is 2.11. The fourth-order valence-electron chi connectivity index (χ4n) is 1.82. The molecule has 1 aromatic heterocycles. The third-order valence-corrected chi connectivity index (χ3v) is 2.88. The Kier molecular flexibility index (Phi) is 3.85. The summed E-state index contributed by atoms with van der Waals surface area (Å²) in [5, 5.41) is 16.9. The zero-order valence-corrected chi connectivity index (χ0v) is 11.7. The summed E-state index contributed by atoms with van der Waals surface area (Å²) in [6.07, 6.45) is 0. The number of aromatic nitrogens is 2. The normalized spacial score (nSPS) is 11.2. The van der Waals surface area contributed by atoms with E-state index in [0.717, 1.165) is 16.7 Å². The molecule has 0 amide bonds. The van der Waals surface area contributed by atoms with Crippen LogP contribution in [0.1, 0.15) is 30.9 Å². The molecule has 0 radical (unpaired) electrons. The topological polar surface area (TPSA) is 71.2 Å². The van der Waals surface area contributed by atoms with Crippen LogP contribution in [0.2, 0.25) is 0 Å². The summed E-state index contributed by atoms with van der Waals surface area (Å²) < 4.78 is 5.19. The third kappa shape index (κ3) is 3.12. The van der Waals surface area contributed by atoms with E-state index in [-0.39, 0.29) is 0 Å². The average Bonchev–Trinajstić information content (AvgIpc) is 2.81. The minimum absolute atomic E-state index is 0.314. The Morgan fingerprint density at radius 3 is 2.47 bits per heavy atom. The Morgan fingerprint density at radius 1 is 1.26 bits per heavy atom. The van der Waals surface area contributed by atoms with Gasteiger partial charge in [0.15, 0.2) is 0 Å². The van der Waals surface area contributed by atoms with Crippen LogP contribution in [0.25, 0.3) is 11.4 Å². The summed E-state index contributed by atoms with van der Waals surface area (Å²) in [7, 11) is 0. The molecular weight excluding hydrogens is 242 g/mol. The lowest BCUT2D eigenvalue weighted by Crippen LogP contribution is -2.21. The number of rotatable bonds is 4. The molecule has 0 aliphatic rings. The number of hydrogen-bond acceptors (Lipinski definition) is 5. The van der Waals surface area contributed by atoms with E-state index in [4.69, 9.17) is 4.52 Å². The van der Waals surface area contributed by atoms with E-state index >= 15 is 0 Å². The highest BCUT2D eigenvalue weighted by atomic mass is 16.5. The number of phenolic OH excluding ortho intramolecular Hbond substituents is 1. The lowest BCUT2D eigenvalue weighted by Gasteiger charge is -2.04. The van der Waals surface area contributed by atoms with E-state index in [1.165, 1.54) is 0 Å². The molecule has 0 bridgehead atoms. The number of aromatic hydroxyl groups is 1. The van der Waals surface area contributed by atoms with Gasteiger partial charge in [0, 0.05) is 11.6 Å². The van der Waals surface area contributed by atoms with Crippen LogP contribution in [0.3, 0.4) is 0 Å². The van der Waals surface area contributed by atoms with Crippen molar-refractivity contribution in [2.75, 3.05) is 0 Å². The van der Waals surface area contributed by atoms with Gasteiger partial charge in [-0.15, -0.1) is 0 Å². The van der Waals surface area contributed by atoms with Gasteiger partial charge >= 0.3 is 0 Å². The number of benzene rings is 1. The molecule has 0 aliphatic carbocycles. The smallest absolute Gasteiger partial charge is 0.240 e. The minimum atomic E-state index is 0.314. The predicted molar refractivity (Wildman–Crippen MR) is 72.8 cm³/mol. The van der Waals surface area contributed by atoms with Gasteiger partial charge in [0.25, 0.3) is 0 Å². The Labute approximate surface area is 112 Å². The molecule has 5 nitrogen and oxygen atoms in total. The van der Waals surface area contributed by atoms with Gasteiger partial charge in [-0.1, -0.05) is 19.0 Å². The van der Waals surface area contributed by atoms with E-state index < -0.39 is 0 Å². The minimum Gasteiger partial charge on any atom is -0.507 e. The van der Waals surface area contributed by atoms with Crippen molar-refractivity contribution >= 4 is 0 Å². The summed E-state index contributed by atoms with van der Waals surface area (Å²) >= 11 is 0. The van der Waals surface area contributed by atoms with Crippen LogP contribution in [0.4, 0.5) is 0 Å². The summed E-state index contributed by atoms with van der Waals surface area (Å²) in [6.45, 7) is 8.38. The van der Waals surface area contributed by atoms with Crippen molar-refractivity contribution in [1.29, 1.82) is 0 Å². The average molecular weight is 261 g/mol. The number of hydrogen-bond donors (Lipinski definition) is 2. The molecule has 2 rings (SSSR count). The molecule has 0 fully saturated rings. The van der Waals surface area contributed by atoms with Crippen molar-refractivity contribution in [2.24, 2.45) is 0 Å². The summed E-state index contributed by atoms with van der Waals surface area (Å²) in [6, 6.07) is 4.08. The van der Waals surface area contributed by atoms with Gasteiger partial charge in [0.2, 0.25) is 11.7 Å². The number of nitrogens with one attached hydrogen (secondary N) is 1. The zero-order chi connectivity index (χ0) is 14.0. The standard InChI is InChI=1S/C14H19N3O2/c1-8(2)15-7-12-16-14(17-19-12)11-5-9(3)13(18)10(4)6-11/h5-6,8,15,18H,7H2,1-4H3. The quantitative estimate of drug-likeness (QED) is 0.885. The molecule has 0 saturated carbocycles. The maximum absolute atomic E-state index is 9.75. The summed E-state index contributed by atoms with van der Waals surface area (Å²) in [5.74, 6) is 1.42. The first-order valence-electron chi connectivity index (χ1n) is 6.34. The Balaban J connectivity index is 2.23. The van der Waals surface area contributed by atoms with Crippen molar-refractivity contribution < 1.29 is 9.63 Å². The SMILES string of the molecule is Cc1cc(-c2noc(CNC(C)C)n2)cc(C)c1O. The van der Waals surface area contributed by atoms with Gasteiger partial charge in [0.05, 0.1) is 6.54 Å². The highest BCUT2D eigenvalue weighted by Crippen LogP contribution is 2.27. The Bertz CT molecular complexity index is 553. The number of phenols is 1. The summed E-state index contributed by atoms with van der Waals surface area (Å²) in [4.78, 5) is 4.34. The fourth-order valence-corrected chi connectivity index (χ4v) is 1.82. The molecule has 1 heterocycles. The number of nitrogens with zero attached hydrogens (tertiary/aromatic N) is 2. The fraction of sp³-hybridized carbons (Fsp3) is 0.429. The molecule has 2 N–H and O–H groups in total. The molecule has 5 heteroatoms. The maximum atomic E-state index is 9.75. The molecule has 0 spiro atoms. The second-order valence-electron chi connectivity index (χ2n) is 5.01. The largest absolute Gasteiger partial charge is 0.507 e. The van der Waals surface area contributed by atoms with Gasteiger partial charge in [-0.25, -0.2) is 0 Å². The molecular formula is C14H19N3O2. The highest BCUT2D eigenvalue weighted by molar-refractivity contribution is 5.60. The van der Waals surface area contributed by atoms with Gasteiger partial charge in [-0.3, -0.25) is 0 Å². The van der Waals surface area contributed by atoms with Crippen molar-refractivity contribution in [3.8, 4) is 17.1 Å². The van der Waals surface area contributed by atoms with Gasteiger partial charge in [0.1, 0.15) is 5.75 Å². The zero-order valence-electron chi connectivity index (χ0n) is 11.7. The first kappa shape index (κ1) is 13.5. The van der Waals surface area contributed by atoms with Gasteiger partial charge in [-0.2, -0.15) is 4.98 Å². The molecule has 19 heavy (non-hydrogen) atoms. The van der Waals surface area contributed by atoms with Gasteiger partial charge in [-0.05, 0) is 37.1 Å². The number of aryl methyl sites for hydroxylation is 2. The van der Waals surface area contributed by atoms with Crippen LogP contribution in [-0.4, -0.2) is 21.3 Å². The molecule has 102 valence electrons. The van der Waals surface area contributed by atoms with Crippen LogP contribution < -0.4 is 5.32 Å². The monoisotopic (exact) mass is 261 g/mol. The third-order valence-electron chi connectivity index (χ3n) is 2.88. The van der Waals surface area contributed by atoms with E-state index in [1.807, 2.05) is 26.0 Å². The van der Waals surface area contributed by atoms with Crippen LogP contribution in [0, 0.1) is 13.8 Å². The van der Waals surface area contributed by atoms with E-state index in [0.29, 0.717) is 30.1 Å². The van der Waals surface area contributed by atoms with Crippen molar-refractivity contribution in [1.82, 2.24) is 15.5 Å². The molecule has 0 aliphatic heterocycles. The van der Waals surface area contributed by atoms with Crippen molar-refractivity contribution in [3.63, 3.8) is 0 Å². The lowest BCUT2D eigenvalue weighted by atomic mass is 10.1. The first-order chi connectivity index (χ1) is 8.97. The maximum Gasteiger partial charge on any atom is 0.240 e. The molecule has 1 aromatic carbocycles. The van der Waals surface area contributed by atoms with Crippen LogP contribution in [0.5, 0.6) is 5.75 Å². The molecule has 2 aromatic rings. The molecule has 0 atom stereocenters. The first-order valence-corrected chi connectivity index (χ1v) is 6.34. The lowest BCUT2D eigenvalue weighted by molar-refractivity contribution is 0.362. The van der Waals surface area contributed by atoms with E-state index in [1.54, 1.807) is 0 Å². The van der Waals surface area contributed by atoms with E-state index in [2.05, 4.69) is 29.3 Å². The predicted octanol–water partition coefficient (Wildman–Crippen LogP) is 2.56. The second-order valence-corrected chi connectivity index (χ2v) is 5.01. The van der Waals surface area contributed by atoms with E-state index in [9.17, 15) is 5.11 Å². The van der Waals surface area contributed by atoms with Crippen LogP contribution >= 0.6 is 0 Å². The van der Waals surface area contributed by atoms with Crippen molar-refractivity contribution in [3.05, 3.63) is 29.2 Å². The van der Waals surface area contributed by atoms with Crippen LogP contribution in [-0.2, 0) is 6.54 Å². The second kappa shape index (κ2) is 5.40. The molecule has 0 saturated heterocycles.